The fraction of sp³-hybridized carbons (Fsp3) is 0.286. The zero-order valence-electron chi connectivity index (χ0n) is 11.7. The first-order chi connectivity index (χ1) is 10.3. The summed E-state index contributed by atoms with van der Waals surface area (Å²) in [5.41, 5.74) is 3.36. The van der Waals surface area contributed by atoms with Gasteiger partial charge < -0.3 is 20.0 Å². The number of anilines is 1. The minimum Gasteiger partial charge on any atom is -0.439 e. The summed E-state index contributed by atoms with van der Waals surface area (Å²) >= 11 is 0. The van der Waals surface area contributed by atoms with E-state index in [9.17, 15) is 0 Å². The lowest BCUT2D eigenvalue weighted by atomic mass is 10.1. The number of methoxy groups -OCH3 is 1. The van der Waals surface area contributed by atoms with Crippen molar-refractivity contribution in [3.8, 4) is 11.6 Å². The number of para-hydroxylation sites is 1. The van der Waals surface area contributed by atoms with Crippen molar-refractivity contribution in [2.45, 2.75) is 13.0 Å². The summed E-state index contributed by atoms with van der Waals surface area (Å²) in [4.78, 5) is 8.40. The van der Waals surface area contributed by atoms with Gasteiger partial charge in [0.2, 0.25) is 5.88 Å². The number of nitrogen functional groups attached to an aromatic ring is 1. The van der Waals surface area contributed by atoms with Crippen molar-refractivity contribution in [1.82, 2.24) is 9.97 Å². The van der Waals surface area contributed by atoms with Gasteiger partial charge in [0, 0.05) is 19.8 Å². The van der Waals surface area contributed by atoms with E-state index in [0.29, 0.717) is 29.7 Å². The Labute approximate surface area is 122 Å². The molecule has 7 nitrogen and oxygen atoms in total. The zero-order valence-corrected chi connectivity index (χ0v) is 11.7. The number of ether oxygens (including phenoxy) is 2. The number of nitrogens with zero attached hydrogens (tertiary/aromatic N) is 2. The van der Waals surface area contributed by atoms with E-state index in [4.69, 9.17) is 20.4 Å². The van der Waals surface area contributed by atoms with Crippen molar-refractivity contribution in [3.63, 3.8) is 0 Å². The second kappa shape index (κ2) is 7.53. The highest BCUT2D eigenvalue weighted by Gasteiger charge is 2.09. The molecule has 0 amide bonds. The van der Waals surface area contributed by atoms with Gasteiger partial charge >= 0.3 is 0 Å². The monoisotopic (exact) mass is 290 g/mol. The van der Waals surface area contributed by atoms with Crippen LogP contribution in [0.4, 0.5) is 5.82 Å². The van der Waals surface area contributed by atoms with Crippen molar-refractivity contribution in [1.29, 1.82) is 0 Å². The first-order valence-corrected chi connectivity index (χ1v) is 6.47. The Hall–Kier alpha value is -2.22. The average molecular weight is 290 g/mol. The van der Waals surface area contributed by atoms with Gasteiger partial charge in [-0.3, -0.25) is 0 Å². The molecule has 0 saturated carbocycles. The Morgan fingerprint density at radius 1 is 1.29 bits per heavy atom. The standard InChI is InChI=1S/C14H18N4O3/c1-20-9-13-16-12(18-15)8-14(17-13)21-11-5-3-2-4-10(11)6-7-19/h2-5,8,19H,6-7,9,15H2,1H3,(H,16,17,18). The number of aliphatic hydroxyl groups excluding tert-OH is 1. The van der Waals surface area contributed by atoms with Crippen molar-refractivity contribution >= 4 is 5.82 Å². The molecule has 1 aromatic heterocycles. The Morgan fingerprint density at radius 2 is 2.10 bits per heavy atom. The van der Waals surface area contributed by atoms with Crippen LogP contribution in [-0.4, -0.2) is 28.8 Å². The number of nitrogens with one attached hydrogen (secondary N) is 1. The molecule has 1 heterocycles. The van der Waals surface area contributed by atoms with Gasteiger partial charge in [0.15, 0.2) is 5.82 Å². The lowest BCUT2D eigenvalue weighted by Gasteiger charge is -2.11. The van der Waals surface area contributed by atoms with Crippen LogP contribution in [0, 0.1) is 0 Å². The minimum absolute atomic E-state index is 0.0503. The minimum atomic E-state index is 0.0503. The SMILES string of the molecule is COCc1nc(NN)cc(Oc2ccccc2CCO)n1. The fourth-order valence-electron chi connectivity index (χ4n) is 1.84. The lowest BCUT2D eigenvalue weighted by Crippen LogP contribution is -2.11. The normalized spacial score (nSPS) is 10.4. The third-order valence-electron chi connectivity index (χ3n) is 2.74. The number of nitrogens with two attached hydrogens (primary N) is 1. The Bertz CT molecular complexity index is 592. The molecule has 1 aromatic carbocycles. The van der Waals surface area contributed by atoms with Crippen LogP contribution in [0.1, 0.15) is 11.4 Å². The van der Waals surface area contributed by atoms with Crippen LogP contribution in [0.3, 0.4) is 0 Å². The highest BCUT2D eigenvalue weighted by atomic mass is 16.5. The molecule has 2 aromatic rings. The quantitative estimate of drug-likeness (QED) is 0.520. The molecule has 0 spiro atoms. The Morgan fingerprint density at radius 3 is 2.81 bits per heavy atom. The third-order valence-corrected chi connectivity index (χ3v) is 2.74. The van der Waals surface area contributed by atoms with Crippen molar-refractivity contribution < 1.29 is 14.6 Å². The number of hydrazine groups is 1. The van der Waals surface area contributed by atoms with E-state index in [0.717, 1.165) is 5.56 Å². The molecule has 4 N–H and O–H groups in total. The molecule has 0 radical (unpaired) electrons. The summed E-state index contributed by atoms with van der Waals surface area (Å²) < 4.78 is 10.8. The smallest absolute Gasteiger partial charge is 0.224 e. The van der Waals surface area contributed by atoms with Crippen LogP contribution < -0.4 is 16.0 Å². The van der Waals surface area contributed by atoms with E-state index in [1.54, 1.807) is 13.2 Å². The molecule has 112 valence electrons. The maximum atomic E-state index is 9.08. The molecular formula is C14H18N4O3. The second-order valence-electron chi connectivity index (χ2n) is 4.27. The van der Waals surface area contributed by atoms with Crippen LogP contribution in [0.25, 0.3) is 0 Å². The van der Waals surface area contributed by atoms with Gasteiger partial charge in [-0.2, -0.15) is 4.98 Å². The van der Waals surface area contributed by atoms with Crippen molar-refractivity contribution in [2.75, 3.05) is 19.1 Å². The number of hydrogen-bond acceptors (Lipinski definition) is 7. The van der Waals surface area contributed by atoms with E-state index in [-0.39, 0.29) is 13.2 Å². The van der Waals surface area contributed by atoms with Crippen LogP contribution in [-0.2, 0) is 17.8 Å². The van der Waals surface area contributed by atoms with Gasteiger partial charge in [0.05, 0.1) is 0 Å². The van der Waals surface area contributed by atoms with E-state index in [1.807, 2.05) is 24.3 Å². The Kier molecular flexibility index (Phi) is 5.44. The van der Waals surface area contributed by atoms with Crippen LogP contribution in [0.15, 0.2) is 30.3 Å². The van der Waals surface area contributed by atoms with Gasteiger partial charge in [0.25, 0.3) is 0 Å². The molecule has 0 aliphatic heterocycles. The maximum absolute atomic E-state index is 9.08. The molecule has 0 bridgehead atoms. The number of rotatable bonds is 7. The van der Waals surface area contributed by atoms with E-state index < -0.39 is 0 Å². The van der Waals surface area contributed by atoms with Gasteiger partial charge in [-0.05, 0) is 18.1 Å². The van der Waals surface area contributed by atoms with E-state index in [2.05, 4.69) is 15.4 Å². The summed E-state index contributed by atoms with van der Waals surface area (Å²) in [6.07, 6.45) is 0.508. The summed E-state index contributed by atoms with van der Waals surface area (Å²) in [5.74, 6) is 7.28. The maximum Gasteiger partial charge on any atom is 0.224 e. The summed E-state index contributed by atoms with van der Waals surface area (Å²) in [6, 6.07) is 9.05. The number of benzene rings is 1. The molecule has 21 heavy (non-hydrogen) atoms. The number of aliphatic hydroxyl groups is 1. The molecule has 0 unspecified atom stereocenters. The molecule has 0 saturated heterocycles. The van der Waals surface area contributed by atoms with Crippen molar-refractivity contribution in [2.24, 2.45) is 5.84 Å². The zero-order chi connectivity index (χ0) is 15.1. The number of hydrogen-bond donors (Lipinski definition) is 3. The molecular weight excluding hydrogens is 272 g/mol. The van der Waals surface area contributed by atoms with E-state index in [1.165, 1.54) is 0 Å². The van der Waals surface area contributed by atoms with Gasteiger partial charge in [-0.1, -0.05) is 18.2 Å². The fourth-order valence-corrected chi connectivity index (χ4v) is 1.84. The highest BCUT2D eigenvalue weighted by molar-refractivity contribution is 5.41. The molecule has 0 fully saturated rings. The second-order valence-corrected chi connectivity index (χ2v) is 4.27. The number of aromatic nitrogens is 2. The molecule has 0 aliphatic carbocycles. The summed E-state index contributed by atoms with van der Waals surface area (Å²) in [6.45, 7) is 0.304. The molecule has 7 heteroatoms. The predicted octanol–water partition coefficient (Wildman–Crippen LogP) is 1.24. The molecule has 0 atom stereocenters. The first-order valence-electron chi connectivity index (χ1n) is 6.47. The van der Waals surface area contributed by atoms with Crippen LogP contribution in [0.2, 0.25) is 0 Å². The van der Waals surface area contributed by atoms with Gasteiger partial charge in [-0.25, -0.2) is 10.8 Å². The molecule has 0 aliphatic rings. The summed E-state index contributed by atoms with van der Waals surface area (Å²) in [5, 5.41) is 9.08. The van der Waals surface area contributed by atoms with Crippen molar-refractivity contribution in [3.05, 3.63) is 41.7 Å². The van der Waals surface area contributed by atoms with Gasteiger partial charge in [0.1, 0.15) is 18.2 Å². The highest BCUT2D eigenvalue weighted by Crippen LogP contribution is 2.25. The van der Waals surface area contributed by atoms with E-state index >= 15 is 0 Å². The van der Waals surface area contributed by atoms with Crippen LogP contribution >= 0.6 is 0 Å². The largest absolute Gasteiger partial charge is 0.439 e. The summed E-state index contributed by atoms with van der Waals surface area (Å²) in [7, 11) is 1.56. The predicted molar refractivity (Wildman–Crippen MR) is 77.9 cm³/mol. The topological polar surface area (TPSA) is 103 Å². The van der Waals surface area contributed by atoms with Crippen LogP contribution in [0.5, 0.6) is 11.6 Å². The van der Waals surface area contributed by atoms with Gasteiger partial charge in [-0.15, -0.1) is 0 Å². The molecule has 2 rings (SSSR count). The first kappa shape index (κ1) is 15.2. The lowest BCUT2D eigenvalue weighted by molar-refractivity contribution is 0.177. The third kappa shape index (κ3) is 4.12. The Balaban J connectivity index is 2.28. The average Bonchev–Trinajstić information content (AvgIpc) is 2.49.